The van der Waals surface area contributed by atoms with Gasteiger partial charge < -0.3 is 20.7 Å². The van der Waals surface area contributed by atoms with Crippen LogP contribution in [0.25, 0.3) is 0 Å². The Morgan fingerprint density at radius 1 is 0.967 bits per heavy atom. The quantitative estimate of drug-likeness (QED) is 0.482. The van der Waals surface area contributed by atoms with E-state index in [1.165, 1.54) is 18.2 Å². The van der Waals surface area contributed by atoms with Gasteiger partial charge in [-0.1, -0.05) is 12.1 Å². The smallest absolute Gasteiger partial charge is 0.405 e. The summed E-state index contributed by atoms with van der Waals surface area (Å²) < 4.78 is 41.2. The molecule has 156 valence electrons. The molecule has 0 unspecified atom stereocenters. The lowest BCUT2D eigenvalue weighted by Crippen LogP contribution is -2.30. The lowest BCUT2D eigenvalue weighted by molar-refractivity contribution is -0.274. The first kappa shape index (κ1) is 20.8. The molecule has 1 amide bonds. The third kappa shape index (κ3) is 6.33. The predicted molar refractivity (Wildman–Crippen MR) is 103 cm³/mol. The number of hydrogen-bond donors (Lipinski definition) is 3. The van der Waals surface area contributed by atoms with E-state index < -0.39 is 18.0 Å². The van der Waals surface area contributed by atoms with Crippen LogP contribution in [0.2, 0.25) is 0 Å². The fraction of sp³-hybridized carbons (Fsp3) is 0.158. The summed E-state index contributed by atoms with van der Waals surface area (Å²) in [4.78, 5) is 16.1. The molecule has 0 aliphatic carbocycles. The van der Waals surface area contributed by atoms with Gasteiger partial charge in [0.1, 0.15) is 11.6 Å². The zero-order valence-electron chi connectivity index (χ0n) is 15.5. The van der Waals surface area contributed by atoms with E-state index in [0.717, 1.165) is 11.8 Å². The highest BCUT2D eigenvalue weighted by Gasteiger charge is 2.32. The van der Waals surface area contributed by atoms with Crippen LogP contribution in [0.15, 0.2) is 60.9 Å². The van der Waals surface area contributed by atoms with Gasteiger partial charge in [-0.2, -0.15) is 0 Å². The summed E-state index contributed by atoms with van der Waals surface area (Å²) >= 11 is 0. The summed E-state index contributed by atoms with van der Waals surface area (Å²) in [5, 5.41) is 16.5. The van der Waals surface area contributed by atoms with Crippen LogP contribution >= 0.6 is 0 Å². The molecule has 0 aliphatic rings. The molecule has 3 aromatic rings. The number of anilines is 3. The molecule has 1 aromatic carbocycles. The van der Waals surface area contributed by atoms with E-state index in [4.69, 9.17) is 0 Å². The Kier molecular flexibility index (Phi) is 6.63. The molecule has 0 atom stereocenters. The number of carbonyl (C=O) groups excluding carboxylic acids is 1. The fourth-order valence-electron chi connectivity index (χ4n) is 2.41. The number of benzene rings is 1. The molecule has 3 rings (SSSR count). The number of nitrogens with zero attached hydrogens (tertiary/aromatic N) is 3. The van der Waals surface area contributed by atoms with Crippen molar-refractivity contribution in [3.63, 3.8) is 0 Å². The van der Waals surface area contributed by atoms with Gasteiger partial charge in [-0.3, -0.25) is 9.78 Å². The summed E-state index contributed by atoms with van der Waals surface area (Å²) in [6.07, 6.45) is -1.58. The van der Waals surface area contributed by atoms with Crippen molar-refractivity contribution in [2.45, 2.75) is 6.36 Å². The van der Waals surface area contributed by atoms with Crippen molar-refractivity contribution in [3.05, 3.63) is 66.5 Å². The molecule has 0 spiro atoms. The summed E-state index contributed by atoms with van der Waals surface area (Å²) in [7, 11) is 0. The van der Waals surface area contributed by atoms with Gasteiger partial charge in [0.15, 0.2) is 5.82 Å². The van der Waals surface area contributed by atoms with Gasteiger partial charge in [0, 0.05) is 19.3 Å². The zero-order valence-corrected chi connectivity index (χ0v) is 15.5. The molecule has 0 radical (unpaired) electrons. The number of rotatable bonds is 8. The monoisotopic (exact) mass is 418 g/mol. The summed E-state index contributed by atoms with van der Waals surface area (Å²) in [5.41, 5.74) is 0.561. The topological polar surface area (TPSA) is 101 Å². The van der Waals surface area contributed by atoms with E-state index in [-0.39, 0.29) is 18.7 Å². The van der Waals surface area contributed by atoms with Gasteiger partial charge in [0.2, 0.25) is 0 Å². The van der Waals surface area contributed by atoms with Crippen LogP contribution in [0, 0.1) is 0 Å². The molecule has 2 heterocycles. The highest BCUT2D eigenvalue weighted by Crippen LogP contribution is 2.26. The molecule has 0 saturated heterocycles. The average molecular weight is 418 g/mol. The van der Waals surface area contributed by atoms with Crippen molar-refractivity contribution < 1.29 is 22.7 Å². The Morgan fingerprint density at radius 2 is 1.73 bits per heavy atom. The van der Waals surface area contributed by atoms with Gasteiger partial charge in [-0.25, -0.2) is 0 Å². The number of hydrogen-bond acceptors (Lipinski definition) is 7. The van der Waals surface area contributed by atoms with Crippen LogP contribution in [0.1, 0.15) is 10.4 Å². The molecular formula is C19H17F3N6O2. The number of amides is 1. The first-order valence-corrected chi connectivity index (χ1v) is 8.78. The normalized spacial score (nSPS) is 10.9. The minimum Gasteiger partial charge on any atom is -0.405 e. The fourth-order valence-corrected chi connectivity index (χ4v) is 2.41. The molecule has 0 saturated carbocycles. The third-order valence-corrected chi connectivity index (χ3v) is 3.67. The standard InChI is InChI=1S/C19H17F3N6O2/c20-19(21,22)30-15-6-2-1-5-14(15)18(29)25-11-10-24-16-7-8-17(28-27-16)26-13-4-3-9-23-12-13/h1-9,12H,10-11H2,(H,24,27)(H,25,29)(H,26,28). The van der Waals surface area contributed by atoms with Crippen molar-refractivity contribution in [1.29, 1.82) is 0 Å². The Morgan fingerprint density at radius 3 is 2.43 bits per heavy atom. The maximum atomic E-state index is 12.4. The second-order valence-corrected chi connectivity index (χ2v) is 5.90. The Hall–Kier alpha value is -3.89. The van der Waals surface area contributed by atoms with Crippen molar-refractivity contribution in [2.24, 2.45) is 0 Å². The van der Waals surface area contributed by atoms with Gasteiger partial charge >= 0.3 is 6.36 Å². The minimum absolute atomic E-state index is 0.149. The predicted octanol–water partition coefficient (Wildman–Crippen LogP) is 3.36. The highest BCUT2D eigenvalue weighted by atomic mass is 19.4. The molecular weight excluding hydrogens is 401 g/mol. The van der Waals surface area contributed by atoms with Gasteiger partial charge in [-0.05, 0) is 36.4 Å². The highest BCUT2D eigenvalue weighted by molar-refractivity contribution is 5.96. The molecule has 0 fully saturated rings. The number of carbonyl (C=O) groups is 1. The zero-order chi connectivity index (χ0) is 21.4. The first-order valence-electron chi connectivity index (χ1n) is 8.78. The van der Waals surface area contributed by atoms with E-state index in [1.807, 2.05) is 6.07 Å². The van der Waals surface area contributed by atoms with Crippen LogP contribution in [0.4, 0.5) is 30.5 Å². The van der Waals surface area contributed by atoms with Crippen molar-refractivity contribution in [2.75, 3.05) is 23.7 Å². The van der Waals surface area contributed by atoms with E-state index in [0.29, 0.717) is 11.6 Å². The number of aromatic nitrogens is 3. The minimum atomic E-state index is -4.88. The summed E-state index contributed by atoms with van der Waals surface area (Å²) in [6, 6.07) is 12.2. The van der Waals surface area contributed by atoms with Crippen LogP contribution < -0.4 is 20.7 Å². The van der Waals surface area contributed by atoms with Crippen LogP contribution in [0.3, 0.4) is 0 Å². The number of alkyl halides is 3. The number of pyridine rings is 1. The number of nitrogens with one attached hydrogen (secondary N) is 3. The SMILES string of the molecule is O=C(NCCNc1ccc(Nc2cccnc2)nn1)c1ccccc1OC(F)(F)F. The Labute approximate surface area is 169 Å². The molecule has 2 aromatic heterocycles. The number of halogens is 3. The summed E-state index contributed by atoms with van der Waals surface area (Å²) in [5.74, 6) is -0.235. The van der Waals surface area contributed by atoms with Crippen LogP contribution in [-0.2, 0) is 0 Å². The van der Waals surface area contributed by atoms with Crippen LogP contribution in [-0.4, -0.2) is 40.5 Å². The molecule has 11 heteroatoms. The van der Waals surface area contributed by atoms with Gasteiger partial charge in [-0.15, -0.1) is 23.4 Å². The number of para-hydroxylation sites is 1. The van der Waals surface area contributed by atoms with E-state index in [2.05, 4.69) is 35.9 Å². The molecule has 8 nitrogen and oxygen atoms in total. The van der Waals surface area contributed by atoms with Gasteiger partial charge in [0.05, 0.1) is 17.4 Å². The molecule has 0 bridgehead atoms. The first-order chi connectivity index (χ1) is 14.4. The second-order valence-electron chi connectivity index (χ2n) is 5.90. The Bertz CT molecular complexity index is 968. The van der Waals surface area contributed by atoms with E-state index in [1.54, 1.807) is 30.6 Å². The van der Waals surface area contributed by atoms with E-state index in [9.17, 15) is 18.0 Å². The van der Waals surface area contributed by atoms with Crippen molar-refractivity contribution in [1.82, 2.24) is 20.5 Å². The van der Waals surface area contributed by atoms with Crippen LogP contribution in [0.5, 0.6) is 5.75 Å². The average Bonchev–Trinajstić information content (AvgIpc) is 2.72. The molecule has 3 N–H and O–H groups in total. The Balaban J connectivity index is 1.46. The lowest BCUT2D eigenvalue weighted by atomic mass is 10.2. The summed E-state index contributed by atoms with van der Waals surface area (Å²) in [6.45, 7) is 0.439. The number of ether oxygens (including phenoxy) is 1. The van der Waals surface area contributed by atoms with Crippen molar-refractivity contribution in [3.8, 4) is 5.75 Å². The molecule has 30 heavy (non-hydrogen) atoms. The van der Waals surface area contributed by atoms with Gasteiger partial charge in [0.25, 0.3) is 5.91 Å². The molecule has 0 aliphatic heterocycles. The third-order valence-electron chi connectivity index (χ3n) is 3.67. The maximum Gasteiger partial charge on any atom is 0.573 e. The second kappa shape index (κ2) is 9.54. The van der Waals surface area contributed by atoms with Crippen molar-refractivity contribution >= 4 is 23.2 Å². The largest absolute Gasteiger partial charge is 0.573 e. The van der Waals surface area contributed by atoms with E-state index >= 15 is 0 Å². The maximum absolute atomic E-state index is 12.4. The lowest BCUT2D eigenvalue weighted by Gasteiger charge is -2.13.